The summed E-state index contributed by atoms with van der Waals surface area (Å²) in [6.07, 6.45) is -4.68. The Morgan fingerprint density at radius 3 is 2.48 bits per heavy atom. The maximum absolute atomic E-state index is 13.8. The SMILES string of the molecule is CN(CC(=O)Nc1ccc(Cl)c(C(F)(F)F)c1)C(=O)c1cc(Br)ccc1F. The quantitative estimate of drug-likeness (QED) is 0.646. The number of likely N-dealkylation sites (N-methyl/N-ethyl adjacent to an activating group) is 1. The molecular formula is C17H12BrClF4N2O2. The molecule has 0 saturated heterocycles. The van der Waals surface area contributed by atoms with E-state index in [4.69, 9.17) is 11.6 Å². The Kier molecular flexibility index (Phi) is 6.48. The van der Waals surface area contributed by atoms with Gasteiger partial charge in [-0.2, -0.15) is 13.2 Å². The lowest BCUT2D eigenvalue weighted by molar-refractivity contribution is -0.137. The van der Waals surface area contributed by atoms with Crippen molar-refractivity contribution < 1.29 is 27.2 Å². The van der Waals surface area contributed by atoms with Crippen LogP contribution in [0.2, 0.25) is 5.02 Å². The fourth-order valence-corrected chi connectivity index (χ4v) is 2.76. The first-order chi connectivity index (χ1) is 12.5. The predicted molar refractivity (Wildman–Crippen MR) is 96.1 cm³/mol. The molecule has 2 rings (SSSR count). The molecule has 0 aliphatic carbocycles. The molecule has 10 heteroatoms. The van der Waals surface area contributed by atoms with E-state index in [9.17, 15) is 27.2 Å². The van der Waals surface area contributed by atoms with Crippen molar-refractivity contribution in [3.8, 4) is 0 Å². The molecule has 2 aromatic rings. The van der Waals surface area contributed by atoms with Crippen molar-refractivity contribution in [1.29, 1.82) is 0 Å². The first-order valence-electron chi connectivity index (χ1n) is 7.36. The zero-order valence-electron chi connectivity index (χ0n) is 13.7. The molecule has 0 atom stereocenters. The first kappa shape index (κ1) is 21.2. The Bertz CT molecular complexity index is 890. The molecule has 0 bridgehead atoms. The molecule has 0 aliphatic heterocycles. The van der Waals surface area contributed by atoms with Crippen LogP contribution in [0.4, 0.5) is 23.2 Å². The van der Waals surface area contributed by atoms with E-state index in [-0.39, 0.29) is 11.3 Å². The summed E-state index contributed by atoms with van der Waals surface area (Å²) < 4.78 is 52.8. The van der Waals surface area contributed by atoms with E-state index >= 15 is 0 Å². The highest BCUT2D eigenvalue weighted by Gasteiger charge is 2.33. The summed E-state index contributed by atoms with van der Waals surface area (Å²) in [4.78, 5) is 25.2. The predicted octanol–water partition coefficient (Wildman–Crippen LogP) is 4.97. The lowest BCUT2D eigenvalue weighted by Gasteiger charge is -2.18. The Balaban J connectivity index is 2.09. The van der Waals surface area contributed by atoms with Gasteiger partial charge in [-0.15, -0.1) is 0 Å². The van der Waals surface area contributed by atoms with E-state index < -0.39 is 40.9 Å². The lowest BCUT2D eigenvalue weighted by atomic mass is 10.2. The standard InChI is InChI=1S/C17H12BrClF4N2O2/c1-25(16(27)11-6-9(18)2-5-14(11)20)8-15(26)24-10-3-4-13(19)12(7-10)17(21,22)23/h2-7H,8H2,1H3,(H,24,26). The summed E-state index contributed by atoms with van der Waals surface area (Å²) in [7, 11) is 1.27. The molecule has 27 heavy (non-hydrogen) atoms. The number of alkyl halides is 3. The number of carbonyl (C=O) groups is 2. The summed E-state index contributed by atoms with van der Waals surface area (Å²) in [5.74, 6) is -2.27. The van der Waals surface area contributed by atoms with Crippen molar-refractivity contribution in [2.45, 2.75) is 6.18 Å². The van der Waals surface area contributed by atoms with Crippen LogP contribution in [0.15, 0.2) is 40.9 Å². The van der Waals surface area contributed by atoms with Crippen LogP contribution in [-0.2, 0) is 11.0 Å². The molecule has 4 nitrogen and oxygen atoms in total. The maximum Gasteiger partial charge on any atom is 0.417 e. The Hall–Kier alpha value is -2.13. The van der Waals surface area contributed by atoms with Gasteiger partial charge in [-0.3, -0.25) is 9.59 Å². The molecule has 0 fully saturated rings. The molecule has 0 spiro atoms. The van der Waals surface area contributed by atoms with Gasteiger partial charge in [0.25, 0.3) is 5.91 Å². The van der Waals surface area contributed by atoms with Gasteiger partial charge < -0.3 is 10.2 Å². The minimum Gasteiger partial charge on any atom is -0.332 e. The van der Waals surface area contributed by atoms with E-state index in [0.717, 1.165) is 17.0 Å². The van der Waals surface area contributed by atoms with Gasteiger partial charge in [0, 0.05) is 17.2 Å². The van der Waals surface area contributed by atoms with Gasteiger partial charge in [0.05, 0.1) is 22.7 Å². The molecule has 1 N–H and O–H groups in total. The van der Waals surface area contributed by atoms with E-state index in [1.165, 1.54) is 25.2 Å². The second-order valence-corrected chi connectivity index (χ2v) is 6.85. The van der Waals surface area contributed by atoms with Gasteiger partial charge >= 0.3 is 6.18 Å². The molecule has 0 unspecified atom stereocenters. The van der Waals surface area contributed by atoms with Crippen molar-refractivity contribution >= 4 is 45.0 Å². The van der Waals surface area contributed by atoms with E-state index in [1.54, 1.807) is 0 Å². The number of nitrogens with one attached hydrogen (secondary N) is 1. The average Bonchev–Trinajstić information content (AvgIpc) is 2.57. The highest BCUT2D eigenvalue weighted by molar-refractivity contribution is 9.10. The minimum atomic E-state index is -4.68. The zero-order chi connectivity index (χ0) is 20.4. The summed E-state index contributed by atoms with van der Waals surface area (Å²) in [5, 5.41) is 1.75. The van der Waals surface area contributed by atoms with Gasteiger partial charge in [-0.1, -0.05) is 27.5 Å². The van der Waals surface area contributed by atoms with E-state index in [2.05, 4.69) is 21.2 Å². The van der Waals surface area contributed by atoms with Crippen molar-refractivity contribution in [2.24, 2.45) is 0 Å². The van der Waals surface area contributed by atoms with Crippen molar-refractivity contribution in [1.82, 2.24) is 4.90 Å². The summed E-state index contributed by atoms with van der Waals surface area (Å²) in [6, 6.07) is 6.67. The molecule has 0 heterocycles. The molecule has 0 radical (unpaired) electrons. The van der Waals surface area contributed by atoms with Crippen LogP contribution in [0.25, 0.3) is 0 Å². The van der Waals surface area contributed by atoms with Gasteiger partial charge in [-0.05, 0) is 36.4 Å². The number of amides is 2. The number of hydrogen-bond acceptors (Lipinski definition) is 2. The largest absolute Gasteiger partial charge is 0.417 e. The molecule has 0 aromatic heterocycles. The fraction of sp³-hybridized carbons (Fsp3) is 0.176. The summed E-state index contributed by atoms with van der Waals surface area (Å²) >= 11 is 8.63. The fourth-order valence-electron chi connectivity index (χ4n) is 2.18. The Morgan fingerprint density at radius 2 is 1.85 bits per heavy atom. The topological polar surface area (TPSA) is 49.4 Å². The maximum atomic E-state index is 13.8. The first-order valence-corrected chi connectivity index (χ1v) is 8.53. The van der Waals surface area contributed by atoms with Crippen LogP contribution in [0, 0.1) is 5.82 Å². The van der Waals surface area contributed by atoms with Crippen LogP contribution in [0.3, 0.4) is 0 Å². The normalized spacial score (nSPS) is 11.2. The third kappa shape index (κ3) is 5.43. The minimum absolute atomic E-state index is 0.133. The molecule has 0 aliphatic rings. The molecule has 0 saturated carbocycles. The van der Waals surface area contributed by atoms with Gasteiger partial charge in [0.1, 0.15) is 5.82 Å². The third-order valence-corrected chi connectivity index (χ3v) is 4.26. The van der Waals surface area contributed by atoms with Gasteiger partial charge in [0.2, 0.25) is 5.91 Å². The number of carbonyl (C=O) groups excluding carboxylic acids is 2. The van der Waals surface area contributed by atoms with Gasteiger partial charge in [-0.25, -0.2) is 4.39 Å². The summed E-state index contributed by atoms with van der Waals surface area (Å²) in [6.45, 7) is -0.491. The van der Waals surface area contributed by atoms with E-state index in [0.29, 0.717) is 10.5 Å². The second-order valence-electron chi connectivity index (χ2n) is 5.53. The number of rotatable bonds is 4. The molecule has 144 valence electrons. The third-order valence-electron chi connectivity index (χ3n) is 3.44. The average molecular weight is 468 g/mol. The van der Waals surface area contributed by atoms with Crippen molar-refractivity contribution in [3.63, 3.8) is 0 Å². The Labute approximate surface area is 165 Å². The lowest BCUT2D eigenvalue weighted by Crippen LogP contribution is -2.35. The smallest absolute Gasteiger partial charge is 0.332 e. The van der Waals surface area contributed by atoms with Crippen LogP contribution in [0.5, 0.6) is 0 Å². The molecule has 2 aromatic carbocycles. The molecule has 2 amide bonds. The van der Waals surface area contributed by atoms with Crippen molar-refractivity contribution in [2.75, 3.05) is 18.9 Å². The van der Waals surface area contributed by atoms with Crippen LogP contribution in [-0.4, -0.2) is 30.3 Å². The molecular weight excluding hydrogens is 456 g/mol. The number of anilines is 1. The van der Waals surface area contributed by atoms with E-state index in [1.807, 2.05) is 0 Å². The Morgan fingerprint density at radius 1 is 1.19 bits per heavy atom. The number of halogens is 6. The summed E-state index contributed by atoms with van der Waals surface area (Å²) in [5.41, 5.74) is -1.47. The number of hydrogen-bond donors (Lipinski definition) is 1. The highest BCUT2D eigenvalue weighted by atomic mass is 79.9. The number of nitrogens with zero attached hydrogens (tertiary/aromatic N) is 1. The zero-order valence-corrected chi connectivity index (χ0v) is 16.0. The highest BCUT2D eigenvalue weighted by Crippen LogP contribution is 2.36. The van der Waals surface area contributed by atoms with Crippen LogP contribution >= 0.6 is 27.5 Å². The van der Waals surface area contributed by atoms with Crippen LogP contribution < -0.4 is 5.32 Å². The second kappa shape index (κ2) is 8.26. The van der Waals surface area contributed by atoms with Crippen LogP contribution in [0.1, 0.15) is 15.9 Å². The van der Waals surface area contributed by atoms with Gasteiger partial charge in [0.15, 0.2) is 0 Å². The number of benzene rings is 2. The van der Waals surface area contributed by atoms with Crippen molar-refractivity contribution in [3.05, 3.63) is 62.8 Å². The monoisotopic (exact) mass is 466 g/mol.